The SMILES string of the molecule is CC(C)CC(C(=O)N(c1ccc(OCC2CO2)cc1)c1ccc(OCC2CO2)cc1)N1C(=O)c2cc(Oc3ccc(C(C)(C)C)cc3)c3c4c(Oc5ccc(C(C)(C)C)cc5)cc5c6c(cc(Oc7ccc(C(C)(C)C)cc7)c(c7c(Oc8ccc(C(C)(C)C)cc8)cc(c2c37)C1=O)c64)C(=O)N(C(CC(C)C)C(=O)N(c1ccc(OCC2CO2)cc1)c1ccc(OCC2CO2)cc1)C5=O. The predicted molar refractivity (Wildman–Crippen MR) is 517 cm³/mol. The number of carbonyl (C=O) groups is 6. The van der Waals surface area contributed by atoms with Crippen LogP contribution in [-0.2, 0) is 50.2 Å². The minimum atomic E-state index is -1.50. The molecule has 6 aliphatic rings. The van der Waals surface area contributed by atoms with Gasteiger partial charge in [0.2, 0.25) is 0 Å². The Morgan fingerprint density at radius 2 is 0.493 bits per heavy atom. The second-order valence-corrected chi connectivity index (χ2v) is 40.8. The van der Waals surface area contributed by atoms with Gasteiger partial charge in [-0.1, -0.05) is 159 Å². The number of carbonyl (C=O) groups excluding carboxylic acids is 6. The first-order valence-corrected chi connectivity index (χ1v) is 46.3. The lowest BCUT2D eigenvalue weighted by molar-refractivity contribution is -0.122. The summed E-state index contributed by atoms with van der Waals surface area (Å²) in [4.78, 5) is 109. The number of amides is 6. The van der Waals surface area contributed by atoms with Crippen molar-refractivity contribution in [1.82, 2.24) is 9.80 Å². The summed E-state index contributed by atoms with van der Waals surface area (Å²) in [6.45, 7) is 36.9. The monoisotopic (exact) mass is 1800 g/mol. The van der Waals surface area contributed by atoms with Gasteiger partial charge in [0.15, 0.2) is 0 Å². The summed E-state index contributed by atoms with van der Waals surface area (Å²) in [6, 6.07) is 62.8. The molecule has 688 valence electrons. The van der Waals surface area contributed by atoms with Gasteiger partial charge in [0.25, 0.3) is 35.4 Å². The lowest BCUT2D eigenvalue weighted by atomic mass is 9.80. The second kappa shape index (κ2) is 35.2. The maximum absolute atomic E-state index is 17.4. The first-order valence-electron chi connectivity index (χ1n) is 46.3. The Labute approximate surface area is 780 Å². The third kappa shape index (κ3) is 18.4. The number of anilines is 4. The molecule has 6 atom stereocenters. The smallest absolute Gasteiger partial charge is 0.262 e. The summed E-state index contributed by atoms with van der Waals surface area (Å²) in [5, 5.41) is 1.97. The van der Waals surface area contributed by atoms with Gasteiger partial charge in [0.05, 0.1) is 48.7 Å². The topological polar surface area (TPSA) is 239 Å². The molecule has 6 heterocycles. The molecule has 0 aliphatic carbocycles. The van der Waals surface area contributed by atoms with E-state index in [1.807, 2.05) is 125 Å². The first kappa shape index (κ1) is 89.8. The summed E-state index contributed by atoms with van der Waals surface area (Å²) >= 11 is 0. The predicted octanol–water partition coefficient (Wildman–Crippen LogP) is 24.0. The van der Waals surface area contributed by atoms with E-state index in [1.165, 1.54) is 9.80 Å². The molecule has 13 aromatic rings. The van der Waals surface area contributed by atoms with Crippen LogP contribution in [0.2, 0.25) is 0 Å². The van der Waals surface area contributed by atoms with Gasteiger partial charge < -0.3 is 56.8 Å². The van der Waals surface area contributed by atoms with Crippen molar-refractivity contribution in [2.45, 2.75) is 182 Å². The first-order chi connectivity index (χ1) is 64.0. The van der Waals surface area contributed by atoms with Crippen LogP contribution in [0.4, 0.5) is 22.7 Å². The fourth-order valence-electron chi connectivity index (χ4n) is 17.8. The van der Waals surface area contributed by atoms with Crippen molar-refractivity contribution >= 4 is 101 Å². The highest BCUT2D eigenvalue weighted by Gasteiger charge is 2.49. The Morgan fingerprint density at radius 1 is 0.299 bits per heavy atom. The number of hydrogen-bond donors (Lipinski definition) is 0. The number of fused-ring (bicyclic) bond motifs is 2. The summed E-state index contributed by atoms with van der Waals surface area (Å²) in [7, 11) is 0. The fourth-order valence-corrected chi connectivity index (χ4v) is 17.8. The molecule has 19 rings (SSSR count). The number of rotatable bonds is 32. The number of imide groups is 2. The molecule has 0 spiro atoms. The Hall–Kier alpha value is -13.4. The van der Waals surface area contributed by atoms with Gasteiger partial charge in [0, 0.05) is 65.8 Å². The van der Waals surface area contributed by atoms with Crippen molar-refractivity contribution < 1.29 is 85.6 Å². The fraction of sp³-hybridized carbons (Fsp3) is 0.339. The number of epoxide rings is 4. The van der Waals surface area contributed by atoms with E-state index in [1.54, 1.807) is 121 Å². The van der Waals surface area contributed by atoms with Crippen molar-refractivity contribution in [2.24, 2.45) is 11.8 Å². The van der Waals surface area contributed by atoms with Gasteiger partial charge in [0.1, 0.15) is 132 Å². The Morgan fingerprint density at radius 3 is 0.672 bits per heavy atom. The van der Waals surface area contributed by atoms with Crippen LogP contribution in [0.3, 0.4) is 0 Å². The Balaban J connectivity index is 0.883. The van der Waals surface area contributed by atoms with Crippen LogP contribution in [0, 0.1) is 11.8 Å². The molecule has 0 radical (unpaired) electrons. The van der Waals surface area contributed by atoms with Gasteiger partial charge in [-0.25, -0.2) is 0 Å². The Kier molecular flexibility index (Phi) is 23.6. The zero-order valence-electron chi connectivity index (χ0n) is 78.6. The normalized spacial score (nSPS) is 17.4. The summed E-state index contributed by atoms with van der Waals surface area (Å²) in [5.74, 6) is -1.24. The molecule has 22 nitrogen and oxygen atoms in total. The molecule has 4 saturated heterocycles. The maximum Gasteiger partial charge on any atom is 0.262 e. The molecule has 0 bridgehead atoms. The molecule has 0 saturated carbocycles. The van der Waals surface area contributed by atoms with Crippen LogP contribution in [0.25, 0.3) is 43.1 Å². The summed E-state index contributed by atoms with van der Waals surface area (Å²) in [6.07, 6.45) is -0.119. The highest BCUT2D eigenvalue weighted by molar-refractivity contribution is 6.45. The van der Waals surface area contributed by atoms with E-state index in [0.717, 1.165) is 32.1 Å². The molecular weight excluding hydrogens is 1690 g/mol. The highest BCUT2D eigenvalue weighted by atomic mass is 16.6. The van der Waals surface area contributed by atoms with E-state index >= 15 is 28.8 Å². The van der Waals surface area contributed by atoms with Crippen LogP contribution in [0.5, 0.6) is 69.0 Å². The van der Waals surface area contributed by atoms with Crippen LogP contribution >= 0.6 is 0 Å². The minimum absolute atomic E-state index is 0.00459. The van der Waals surface area contributed by atoms with Crippen molar-refractivity contribution in [3.63, 3.8) is 0 Å². The van der Waals surface area contributed by atoms with Crippen molar-refractivity contribution in [3.8, 4) is 69.0 Å². The Bertz CT molecular complexity index is 5920. The van der Waals surface area contributed by atoms with Crippen molar-refractivity contribution in [2.75, 3.05) is 62.7 Å². The van der Waals surface area contributed by atoms with Crippen molar-refractivity contribution in [1.29, 1.82) is 0 Å². The summed E-state index contributed by atoms with van der Waals surface area (Å²) in [5.41, 5.74) is 4.39. The van der Waals surface area contributed by atoms with Gasteiger partial charge in [-0.2, -0.15) is 0 Å². The van der Waals surface area contributed by atoms with Gasteiger partial charge in [-0.05, 0) is 238 Å². The summed E-state index contributed by atoms with van der Waals surface area (Å²) < 4.78 is 76.8. The molecule has 22 heteroatoms. The van der Waals surface area contributed by atoms with E-state index < -0.39 is 47.5 Å². The number of nitrogens with zero attached hydrogens (tertiary/aromatic N) is 4. The molecular formula is C112H112N4O18. The maximum atomic E-state index is 17.4. The largest absolute Gasteiger partial charge is 0.491 e. The molecule has 6 amide bonds. The van der Waals surface area contributed by atoms with Gasteiger partial charge >= 0.3 is 0 Å². The molecule has 6 unspecified atom stereocenters. The van der Waals surface area contributed by atoms with Crippen molar-refractivity contribution in [3.05, 3.63) is 263 Å². The minimum Gasteiger partial charge on any atom is -0.491 e. The van der Waals surface area contributed by atoms with E-state index in [9.17, 15) is 0 Å². The van der Waals surface area contributed by atoms with E-state index in [2.05, 4.69) is 83.1 Å². The molecule has 4 fully saturated rings. The van der Waals surface area contributed by atoms with E-state index in [-0.39, 0.29) is 159 Å². The zero-order valence-corrected chi connectivity index (χ0v) is 78.6. The molecule has 6 aliphatic heterocycles. The lowest BCUT2D eigenvalue weighted by Gasteiger charge is -2.38. The van der Waals surface area contributed by atoms with Crippen LogP contribution in [0.15, 0.2) is 218 Å². The molecule has 0 N–H and O–H groups in total. The van der Waals surface area contributed by atoms with Crippen LogP contribution in [-0.4, -0.2) is 135 Å². The molecule has 13 aromatic carbocycles. The number of ether oxygens (including phenoxy) is 12. The third-order valence-electron chi connectivity index (χ3n) is 25.5. The van der Waals surface area contributed by atoms with Gasteiger partial charge in [-0.15, -0.1) is 0 Å². The zero-order chi connectivity index (χ0) is 93.9. The van der Waals surface area contributed by atoms with Crippen LogP contribution < -0.4 is 47.7 Å². The molecule has 134 heavy (non-hydrogen) atoms. The average Bonchev–Trinajstić information content (AvgIpc) is 0.941. The second-order valence-electron chi connectivity index (χ2n) is 40.8. The highest BCUT2D eigenvalue weighted by Crippen LogP contribution is 2.59. The average molecular weight is 1800 g/mol. The van der Waals surface area contributed by atoms with E-state index in [4.69, 9.17) is 56.8 Å². The molecule has 0 aromatic heterocycles. The lowest BCUT2D eigenvalue weighted by Crippen LogP contribution is -2.54. The number of hydrogen-bond acceptors (Lipinski definition) is 18. The van der Waals surface area contributed by atoms with Crippen LogP contribution in [0.1, 0.15) is 187 Å². The van der Waals surface area contributed by atoms with E-state index in [0.29, 0.717) is 122 Å². The quantitative estimate of drug-likeness (QED) is 0.0165. The van der Waals surface area contributed by atoms with Gasteiger partial charge in [-0.3, -0.25) is 48.4 Å². The third-order valence-corrected chi connectivity index (χ3v) is 25.5. The standard InChI is InChI=1S/C112H112N4O18/c1-63(2)49-89(107(121)113(69-25-41-73(42-26-69)123-55-81-59-127-81)70-27-43-74(44-28-70)124-56-82-60-128-82)115-103(117)85-51-91(131-77-33-17-65(18-34-77)109(5,6)7)97-99-93(133-79-37-21-67(22-38-79)111(11,12)13)53-87-96-88(106(120)116(105(87)119)90(50-64(3)4)108(122)114(71-29-45-75(46-30-71)125-57-83-61-129-83)72-31-47-76(48-32-72)126-58-84-62-130-84)54-94(134-80-39-23-68(24-40-80)112(14,15)16)100(102(96)99)98-92(52-86(104(115)118)95(85)101(97)98)132-78-35-19-66(20-36-78)110(8,9)10/h17-48,51-54,63-64,81-84,89-90H,49-50,55-62H2,1-16H3. The number of benzene rings is 13.